The fraction of sp³-hybridized carbons (Fsp3) is 0.278. The third kappa shape index (κ3) is 3.91. The first-order valence-corrected chi connectivity index (χ1v) is 7.06. The first-order chi connectivity index (χ1) is 9.97. The van der Waals surface area contributed by atoms with E-state index in [1.807, 2.05) is 44.2 Å². The van der Waals surface area contributed by atoms with Crippen LogP contribution in [0.5, 0.6) is 0 Å². The number of carbonyl (C=O) groups excluding carboxylic acids is 1. The molecule has 0 fully saturated rings. The van der Waals surface area contributed by atoms with E-state index >= 15 is 0 Å². The zero-order chi connectivity index (χ0) is 15.4. The van der Waals surface area contributed by atoms with Crippen molar-refractivity contribution < 1.29 is 9.18 Å². The van der Waals surface area contributed by atoms with E-state index in [9.17, 15) is 9.18 Å². The molecule has 0 aliphatic rings. The molecule has 21 heavy (non-hydrogen) atoms. The van der Waals surface area contributed by atoms with Crippen LogP contribution in [0.15, 0.2) is 48.5 Å². The van der Waals surface area contributed by atoms with E-state index in [0.29, 0.717) is 6.42 Å². The standard InChI is InChI=1S/C18H20FNO/c1-13-7-9-17(10-8-13)20(3)18(21)14(2)11-15-5-4-6-16(19)12-15/h4-10,12,14H,11H2,1-3H3. The highest BCUT2D eigenvalue weighted by Crippen LogP contribution is 2.18. The molecule has 0 N–H and O–H groups in total. The van der Waals surface area contributed by atoms with Crippen LogP contribution in [0.3, 0.4) is 0 Å². The number of amides is 1. The average molecular weight is 285 g/mol. The Kier molecular flexibility index (Phi) is 4.73. The lowest BCUT2D eigenvalue weighted by molar-refractivity contribution is -0.121. The van der Waals surface area contributed by atoms with Gasteiger partial charge in [-0.25, -0.2) is 4.39 Å². The molecule has 2 rings (SSSR count). The maximum absolute atomic E-state index is 13.2. The third-order valence-corrected chi connectivity index (χ3v) is 3.60. The van der Waals surface area contributed by atoms with Crippen molar-refractivity contribution in [2.75, 3.05) is 11.9 Å². The van der Waals surface area contributed by atoms with Gasteiger partial charge in [0.25, 0.3) is 0 Å². The fourth-order valence-electron chi connectivity index (χ4n) is 2.33. The summed E-state index contributed by atoms with van der Waals surface area (Å²) in [5, 5.41) is 0. The van der Waals surface area contributed by atoms with E-state index in [2.05, 4.69) is 0 Å². The molecular weight excluding hydrogens is 265 g/mol. The molecule has 0 bridgehead atoms. The molecule has 0 radical (unpaired) electrons. The lowest BCUT2D eigenvalue weighted by Crippen LogP contribution is -2.32. The molecule has 1 amide bonds. The van der Waals surface area contributed by atoms with Gasteiger partial charge in [-0.3, -0.25) is 4.79 Å². The molecule has 1 unspecified atom stereocenters. The smallest absolute Gasteiger partial charge is 0.229 e. The zero-order valence-corrected chi connectivity index (χ0v) is 12.6. The Morgan fingerprint density at radius 1 is 1.19 bits per heavy atom. The number of nitrogens with zero attached hydrogens (tertiary/aromatic N) is 1. The Morgan fingerprint density at radius 2 is 1.86 bits per heavy atom. The van der Waals surface area contributed by atoms with Crippen molar-refractivity contribution in [1.29, 1.82) is 0 Å². The fourth-order valence-corrected chi connectivity index (χ4v) is 2.33. The number of anilines is 1. The molecule has 2 aromatic rings. The third-order valence-electron chi connectivity index (χ3n) is 3.60. The van der Waals surface area contributed by atoms with Gasteiger partial charge in [-0.15, -0.1) is 0 Å². The van der Waals surface area contributed by atoms with Gasteiger partial charge in [-0.05, 0) is 43.2 Å². The maximum atomic E-state index is 13.2. The van der Waals surface area contributed by atoms with Crippen molar-refractivity contribution >= 4 is 11.6 Å². The van der Waals surface area contributed by atoms with E-state index in [1.54, 1.807) is 18.0 Å². The molecule has 110 valence electrons. The summed E-state index contributed by atoms with van der Waals surface area (Å²) < 4.78 is 13.2. The van der Waals surface area contributed by atoms with Gasteiger partial charge >= 0.3 is 0 Å². The normalized spacial score (nSPS) is 12.0. The van der Waals surface area contributed by atoms with Gasteiger partial charge in [0.05, 0.1) is 0 Å². The molecule has 1 atom stereocenters. The average Bonchev–Trinajstić information content (AvgIpc) is 2.46. The molecule has 0 saturated heterocycles. The van der Waals surface area contributed by atoms with Crippen LogP contribution in [0.2, 0.25) is 0 Å². The lowest BCUT2D eigenvalue weighted by Gasteiger charge is -2.21. The number of rotatable bonds is 4. The van der Waals surface area contributed by atoms with Crippen molar-refractivity contribution in [2.45, 2.75) is 20.3 Å². The lowest BCUT2D eigenvalue weighted by atomic mass is 9.99. The second-order valence-electron chi connectivity index (χ2n) is 5.47. The summed E-state index contributed by atoms with van der Waals surface area (Å²) >= 11 is 0. The maximum Gasteiger partial charge on any atom is 0.229 e. The highest BCUT2D eigenvalue weighted by molar-refractivity contribution is 5.94. The Bertz CT molecular complexity index is 621. The number of halogens is 1. The van der Waals surface area contributed by atoms with Gasteiger partial charge in [-0.2, -0.15) is 0 Å². The van der Waals surface area contributed by atoms with Crippen LogP contribution in [0.25, 0.3) is 0 Å². The van der Waals surface area contributed by atoms with Crippen molar-refractivity contribution in [3.63, 3.8) is 0 Å². The van der Waals surface area contributed by atoms with Crippen LogP contribution in [0, 0.1) is 18.7 Å². The number of hydrogen-bond acceptors (Lipinski definition) is 1. The SMILES string of the molecule is Cc1ccc(N(C)C(=O)C(C)Cc2cccc(F)c2)cc1. The summed E-state index contributed by atoms with van der Waals surface area (Å²) in [4.78, 5) is 14.1. The predicted octanol–water partition coefficient (Wildman–Crippen LogP) is 3.98. The summed E-state index contributed by atoms with van der Waals surface area (Å²) in [7, 11) is 1.77. The van der Waals surface area contributed by atoms with Crippen molar-refractivity contribution in [2.24, 2.45) is 5.92 Å². The zero-order valence-electron chi connectivity index (χ0n) is 12.6. The topological polar surface area (TPSA) is 20.3 Å². The molecule has 0 saturated carbocycles. The Balaban J connectivity index is 2.06. The van der Waals surface area contributed by atoms with Crippen LogP contribution < -0.4 is 4.90 Å². The molecular formula is C18H20FNO. The quantitative estimate of drug-likeness (QED) is 0.832. The van der Waals surface area contributed by atoms with Gasteiger partial charge in [0.1, 0.15) is 5.82 Å². The van der Waals surface area contributed by atoms with Crippen LogP contribution in [0.1, 0.15) is 18.1 Å². The van der Waals surface area contributed by atoms with E-state index in [1.165, 1.54) is 12.1 Å². The first-order valence-electron chi connectivity index (χ1n) is 7.06. The highest BCUT2D eigenvalue weighted by Gasteiger charge is 2.19. The molecule has 3 heteroatoms. The van der Waals surface area contributed by atoms with E-state index in [-0.39, 0.29) is 17.6 Å². The van der Waals surface area contributed by atoms with Gasteiger partial charge in [0, 0.05) is 18.7 Å². The van der Waals surface area contributed by atoms with Gasteiger partial charge in [-0.1, -0.05) is 36.8 Å². The first kappa shape index (κ1) is 15.2. The van der Waals surface area contributed by atoms with Crippen LogP contribution in [0.4, 0.5) is 10.1 Å². The second-order valence-corrected chi connectivity index (χ2v) is 5.47. The molecule has 0 aliphatic carbocycles. The van der Waals surface area contributed by atoms with Crippen LogP contribution in [-0.4, -0.2) is 13.0 Å². The number of carbonyl (C=O) groups is 1. The Morgan fingerprint density at radius 3 is 2.48 bits per heavy atom. The molecule has 0 heterocycles. The van der Waals surface area contributed by atoms with Crippen molar-refractivity contribution in [3.8, 4) is 0 Å². The van der Waals surface area contributed by atoms with E-state index in [4.69, 9.17) is 0 Å². The molecule has 0 spiro atoms. The van der Waals surface area contributed by atoms with Gasteiger partial charge < -0.3 is 4.90 Å². The van der Waals surface area contributed by atoms with Gasteiger partial charge in [0.15, 0.2) is 0 Å². The number of benzene rings is 2. The molecule has 0 aromatic heterocycles. The molecule has 2 nitrogen and oxygen atoms in total. The largest absolute Gasteiger partial charge is 0.315 e. The van der Waals surface area contributed by atoms with Crippen LogP contribution in [-0.2, 0) is 11.2 Å². The number of aryl methyl sites for hydroxylation is 1. The highest BCUT2D eigenvalue weighted by atomic mass is 19.1. The van der Waals surface area contributed by atoms with E-state index in [0.717, 1.165) is 16.8 Å². The van der Waals surface area contributed by atoms with Crippen LogP contribution >= 0.6 is 0 Å². The molecule has 2 aromatic carbocycles. The van der Waals surface area contributed by atoms with Gasteiger partial charge in [0.2, 0.25) is 5.91 Å². The Hall–Kier alpha value is -2.16. The van der Waals surface area contributed by atoms with Crippen molar-refractivity contribution in [1.82, 2.24) is 0 Å². The Labute approximate surface area is 125 Å². The number of hydrogen-bond donors (Lipinski definition) is 0. The predicted molar refractivity (Wildman–Crippen MR) is 83.9 cm³/mol. The summed E-state index contributed by atoms with van der Waals surface area (Å²) in [6.45, 7) is 3.89. The van der Waals surface area contributed by atoms with E-state index < -0.39 is 0 Å². The minimum absolute atomic E-state index is 0.0307. The van der Waals surface area contributed by atoms with Crippen molar-refractivity contribution in [3.05, 3.63) is 65.5 Å². The monoisotopic (exact) mass is 285 g/mol. The summed E-state index contributed by atoms with van der Waals surface area (Å²) in [6.07, 6.45) is 0.535. The second kappa shape index (κ2) is 6.53. The molecule has 0 aliphatic heterocycles. The summed E-state index contributed by atoms with van der Waals surface area (Å²) in [5.74, 6) is -0.430. The summed E-state index contributed by atoms with van der Waals surface area (Å²) in [6, 6.07) is 14.2. The minimum Gasteiger partial charge on any atom is -0.315 e. The summed E-state index contributed by atoms with van der Waals surface area (Å²) in [5.41, 5.74) is 2.87. The minimum atomic E-state index is -0.265.